The maximum absolute atomic E-state index is 13.1. The molecule has 0 unspecified atom stereocenters. The molecule has 2 aromatic rings. The lowest BCUT2D eigenvalue weighted by molar-refractivity contribution is -0.498. The Kier molecular flexibility index (Phi) is 6.17. The Morgan fingerprint density at radius 2 is 1.45 bits per heavy atom. The summed E-state index contributed by atoms with van der Waals surface area (Å²) in [5.41, 5.74) is 2.00. The Labute approximate surface area is 181 Å². The molecule has 1 amide bonds. The first-order chi connectivity index (χ1) is 14.1. The number of fused-ring (bicyclic) bond motifs is 1. The van der Waals surface area contributed by atoms with Gasteiger partial charge in [-0.2, -0.15) is 4.90 Å². The first-order valence-electron chi connectivity index (χ1n) is 9.94. The van der Waals surface area contributed by atoms with Gasteiger partial charge in [-0.1, -0.05) is 47.5 Å². The Morgan fingerprint density at radius 1 is 0.862 bits per heavy atom. The highest BCUT2D eigenvalue weighted by Gasteiger charge is 2.46. The highest BCUT2D eigenvalue weighted by molar-refractivity contribution is 6.30. The van der Waals surface area contributed by atoms with Crippen LogP contribution in [0.1, 0.15) is 36.8 Å². The number of carbonyl (C=O) groups is 1. The van der Waals surface area contributed by atoms with Crippen LogP contribution < -0.4 is 4.99 Å². The molecule has 148 valence electrons. The van der Waals surface area contributed by atoms with Crippen molar-refractivity contribution >= 4 is 47.1 Å². The number of nitrogens with zero attached hydrogens (tertiary/aromatic N) is 1. The average Bonchev–Trinajstić information content (AvgIpc) is 3.11. The summed E-state index contributed by atoms with van der Waals surface area (Å²) in [6.07, 6.45) is 12.0. The molecule has 2 aliphatic rings. The SMILES string of the molecule is O=C(/C=C/c1ccc(Cl)cc1)N1C(/C=C/c2ccc(Cl)cc2)=[NH+][C@H]2CCCC[C@H]21. The molecule has 0 spiro atoms. The van der Waals surface area contributed by atoms with Gasteiger partial charge < -0.3 is 0 Å². The Bertz CT molecular complexity index is 961. The zero-order valence-corrected chi connectivity index (χ0v) is 17.5. The van der Waals surface area contributed by atoms with E-state index in [1.807, 2.05) is 71.7 Å². The van der Waals surface area contributed by atoms with Crippen molar-refractivity contribution in [3.63, 3.8) is 0 Å². The van der Waals surface area contributed by atoms with Crippen LogP contribution in [0.15, 0.2) is 60.7 Å². The minimum Gasteiger partial charge on any atom is -0.267 e. The van der Waals surface area contributed by atoms with E-state index in [-0.39, 0.29) is 11.9 Å². The summed E-state index contributed by atoms with van der Waals surface area (Å²) in [6, 6.07) is 15.7. The van der Waals surface area contributed by atoms with Crippen LogP contribution in [0.4, 0.5) is 0 Å². The molecule has 0 radical (unpaired) electrons. The largest absolute Gasteiger partial charge is 0.334 e. The fraction of sp³-hybridized carbons (Fsp3) is 0.250. The van der Waals surface area contributed by atoms with E-state index in [4.69, 9.17) is 23.2 Å². The van der Waals surface area contributed by atoms with Gasteiger partial charge in [-0.3, -0.25) is 4.99 Å². The maximum Gasteiger partial charge on any atom is 0.334 e. The second kappa shape index (κ2) is 8.98. The Morgan fingerprint density at radius 3 is 2.10 bits per heavy atom. The molecule has 5 heteroatoms. The van der Waals surface area contributed by atoms with E-state index >= 15 is 0 Å². The monoisotopic (exact) mass is 425 g/mol. The summed E-state index contributed by atoms with van der Waals surface area (Å²) in [6.45, 7) is 0. The van der Waals surface area contributed by atoms with Crippen LogP contribution in [0.5, 0.6) is 0 Å². The lowest BCUT2D eigenvalue weighted by Crippen LogP contribution is -2.78. The van der Waals surface area contributed by atoms with Crippen LogP contribution in [0.25, 0.3) is 12.2 Å². The highest BCUT2D eigenvalue weighted by Crippen LogP contribution is 2.24. The van der Waals surface area contributed by atoms with Gasteiger partial charge in [-0.05, 0) is 73.2 Å². The van der Waals surface area contributed by atoms with Gasteiger partial charge in [0.15, 0.2) is 0 Å². The third-order valence-electron chi connectivity index (χ3n) is 5.48. The lowest BCUT2D eigenvalue weighted by atomic mass is 9.91. The summed E-state index contributed by atoms with van der Waals surface area (Å²) in [7, 11) is 0. The summed E-state index contributed by atoms with van der Waals surface area (Å²) in [4.78, 5) is 18.6. The number of amidine groups is 1. The van der Waals surface area contributed by atoms with Crippen molar-refractivity contribution in [2.45, 2.75) is 37.8 Å². The molecule has 1 heterocycles. The number of hydrogen-bond acceptors (Lipinski definition) is 1. The minimum absolute atomic E-state index is 0.00222. The topological polar surface area (TPSA) is 34.3 Å². The predicted molar refractivity (Wildman–Crippen MR) is 120 cm³/mol. The first-order valence-corrected chi connectivity index (χ1v) is 10.7. The van der Waals surface area contributed by atoms with Crippen molar-refractivity contribution in [1.82, 2.24) is 4.90 Å². The second-order valence-corrected chi connectivity index (χ2v) is 8.34. The molecule has 1 saturated carbocycles. The number of nitrogens with one attached hydrogen (secondary N) is 1. The molecular weight excluding hydrogens is 403 g/mol. The van der Waals surface area contributed by atoms with E-state index in [9.17, 15) is 4.79 Å². The zero-order chi connectivity index (χ0) is 20.2. The van der Waals surface area contributed by atoms with Crippen LogP contribution >= 0.6 is 23.2 Å². The van der Waals surface area contributed by atoms with Crippen molar-refractivity contribution in [3.8, 4) is 0 Å². The van der Waals surface area contributed by atoms with Gasteiger partial charge in [0, 0.05) is 22.2 Å². The molecule has 4 rings (SSSR count). The standard InChI is InChI=1S/C24H22Cl2N2O/c25-19-11-5-17(6-12-19)9-15-23-27-21-3-1-2-4-22(21)28(23)24(29)16-10-18-7-13-20(26)14-8-18/h5-16,21-22H,1-4H2/p+1/b15-9+,16-10+/t21-,22+/m0/s1. The second-order valence-electron chi connectivity index (χ2n) is 7.47. The van der Waals surface area contributed by atoms with Crippen molar-refractivity contribution in [1.29, 1.82) is 0 Å². The zero-order valence-electron chi connectivity index (χ0n) is 16.0. The summed E-state index contributed by atoms with van der Waals surface area (Å²) < 4.78 is 0. The summed E-state index contributed by atoms with van der Waals surface area (Å²) in [5.74, 6) is 0.861. The Balaban J connectivity index is 1.55. The molecule has 0 aromatic heterocycles. The van der Waals surface area contributed by atoms with Gasteiger partial charge in [-0.25, -0.2) is 4.79 Å². The van der Waals surface area contributed by atoms with Crippen LogP contribution in [0.2, 0.25) is 10.0 Å². The number of halogens is 2. The number of carbonyl (C=O) groups excluding carboxylic acids is 1. The molecule has 1 fully saturated rings. The van der Waals surface area contributed by atoms with E-state index in [1.54, 1.807) is 6.08 Å². The third kappa shape index (κ3) is 4.80. The average molecular weight is 426 g/mol. The first kappa shape index (κ1) is 19.9. The van der Waals surface area contributed by atoms with Crippen LogP contribution in [0.3, 0.4) is 0 Å². The van der Waals surface area contributed by atoms with Gasteiger partial charge in [0.2, 0.25) is 0 Å². The number of benzene rings is 2. The van der Waals surface area contributed by atoms with Crippen molar-refractivity contribution < 1.29 is 9.79 Å². The lowest BCUT2D eigenvalue weighted by Gasteiger charge is -2.24. The van der Waals surface area contributed by atoms with E-state index in [0.29, 0.717) is 16.1 Å². The smallest absolute Gasteiger partial charge is 0.267 e. The van der Waals surface area contributed by atoms with Gasteiger partial charge in [0.1, 0.15) is 12.1 Å². The normalized spacial score (nSPS) is 21.6. The van der Waals surface area contributed by atoms with Gasteiger partial charge in [0.25, 0.3) is 5.84 Å². The van der Waals surface area contributed by atoms with Gasteiger partial charge >= 0.3 is 5.91 Å². The summed E-state index contributed by atoms with van der Waals surface area (Å²) in [5, 5.41) is 1.40. The van der Waals surface area contributed by atoms with Crippen LogP contribution in [-0.4, -0.2) is 28.7 Å². The van der Waals surface area contributed by atoms with Crippen molar-refractivity contribution in [2.75, 3.05) is 0 Å². The number of rotatable bonds is 4. The molecule has 1 N–H and O–H groups in total. The van der Waals surface area contributed by atoms with Crippen molar-refractivity contribution in [3.05, 3.63) is 81.9 Å². The van der Waals surface area contributed by atoms with Crippen LogP contribution in [-0.2, 0) is 4.79 Å². The van der Waals surface area contributed by atoms with E-state index in [1.165, 1.54) is 6.42 Å². The minimum atomic E-state index is -0.00222. The van der Waals surface area contributed by atoms with Crippen LogP contribution in [0, 0.1) is 0 Å². The molecule has 29 heavy (non-hydrogen) atoms. The van der Waals surface area contributed by atoms with E-state index in [2.05, 4.69) is 4.99 Å². The van der Waals surface area contributed by atoms with Gasteiger partial charge in [-0.15, -0.1) is 0 Å². The fourth-order valence-electron chi connectivity index (χ4n) is 4.01. The summed E-state index contributed by atoms with van der Waals surface area (Å²) >= 11 is 11.9. The van der Waals surface area contributed by atoms with E-state index < -0.39 is 0 Å². The molecule has 1 aliphatic carbocycles. The quantitative estimate of drug-likeness (QED) is 0.725. The predicted octanol–water partition coefficient (Wildman–Crippen LogP) is 4.35. The molecule has 0 saturated heterocycles. The highest BCUT2D eigenvalue weighted by atomic mass is 35.5. The van der Waals surface area contributed by atoms with Crippen molar-refractivity contribution in [2.24, 2.45) is 0 Å². The molecule has 3 nitrogen and oxygen atoms in total. The molecular formula is C24H23Cl2N2O+. The fourth-order valence-corrected chi connectivity index (χ4v) is 4.26. The number of hydrogen-bond donors (Lipinski definition) is 1. The molecule has 2 aromatic carbocycles. The molecule has 0 bridgehead atoms. The maximum atomic E-state index is 13.1. The number of amides is 1. The molecule has 2 atom stereocenters. The molecule has 1 aliphatic heterocycles. The third-order valence-corrected chi connectivity index (χ3v) is 5.99. The van der Waals surface area contributed by atoms with Gasteiger partial charge in [0.05, 0.1) is 0 Å². The van der Waals surface area contributed by atoms with E-state index in [0.717, 1.165) is 36.2 Å². The Hall–Kier alpha value is -2.36.